The Morgan fingerprint density at radius 2 is 2.00 bits per heavy atom. The van der Waals surface area contributed by atoms with Crippen LogP contribution >= 0.6 is 0 Å². The Labute approximate surface area is 146 Å². The molecule has 1 aliphatic carbocycles. The highest BCUT2D eigenvalue weighted by molar-refractivity contribution is 5.96. The van der Waals surface area contributed by atoms with Gasteiger partial charge in [0.15, 0.2) is 5.69 Å². The van der Waals surface area contributed by atoms with Crippen molar-refractivity contribution < 1.29 is 9.59 Å². The predicted octanol–water partition coefficient (Wildman–Crippen LogP) is 1.40. The Morgan fingerprint density at radius 1 is 1.24 bits per heavy atom. The average Bonchev–Trinajstić information content (AvgIpc) is 3.28. The fourth-order valence-corrected chi connectivity index (χ4v) is 2.69. The molecule has 1 fully saturated rings. The van der Waals surface area contributed by atoms with Crippen LogP contribution in [-0.4, -0.2) is 37.9 Å². The van der Waals surface area contributed by atoms with Gasteiger partial charge in [0.2, 0.25) is 5.91 Å². The molecule has 0 spiro atoms. The molecule has 0 saturated heterocycles. The first-order valence-electron chi connectivity index (χ1n) is 8.58. The van der Waals surface area contributed by atoms with Crippen LogP contribution in [0.3, 0.4) is 0 Å². The summed E-state index contributed by atoms with van der Waals surface area (Å²) >= 11 is 0. The second kappa shape index (κ2) is 7.08. The molecule has 1 saturated carbocycles. The van der Waals surface area contributed by atoms with Crippen LogP contribution in [0, 0.1) is 19.8 Å². The molecule has 2 heterocycles. The van der Waals surface area contributed by atoms with Gasteiger partial charge in [-0.25, -0.2) is 0 Å². The van der Waals surface area contributed by atoms with E-state index in [1.165, 1.54) is 4.68 Å². The molecular formula is C17H24N6O2. The number of hydrogen-bond acceptors (Lipinski definition) is 4. The van der Waals surface area contributed by atoms with E-state index in [-0.39, 0.29) is 17.7 Å². The number of anilines is 1. The zero-order valence-electron chi connectivity index (χ0n) is 14.9. The number of rotatable bonds is 7. The van der Waals surface area contributed by atoms with Gasteiger partial charge in [0.25, 0.3) is 5.91 Å². The first-order chi connectivity index (χ1) is 11.9. The first-order valence-corrected chi connectivity index (χ1v) is 8.58. The van der Waals surface area contributed by atoms with E-state index in [2.05, 4.69) is 20.8 Å². The fraction of sp³-hybridized carbons (Fsp3) is 0.529. The topological polar surface area (TPSA) is 93.8 Å². The Kier molecular flexibility index (Phi) is 4.87. The third kappa shape index (κ3) is 4.26. The highest BCUT2D eigenvalue weighted by Crippen LogP contribution is 2.30. The molecule has 3 rings (SSSR count). The minimum atomic E-state index is -0.240. The third-order valence-electron chi connectivity index (χ3n) is 4.25. The highest BCUT2D eigenvalue weighted by Gasteiger charge is 2.30. The summed E-state index contributed by atoms with van der Waals surface area (Å²) in [5.74, 6) is 0.419. The van der Waals surface area contributed by atoms with Crippen LogP contribution in [0.2, 0.25) is 0 Å². The van der Waals surface area contributed by atoms with Crippen molar-refractivity contribution in [3.05, 3.63) is 29.2 Å². The molecule has 2 aromatic rings. The minimum absolute atomic E-state index is 0.000144. The van der Waals surface area contributed by atoms with Gasteiger partial charge in [0.05, 0.1) is 5.69 Å². The molecule has 134 valence electrons. The van der Waals surface area contributed by atoms with Gasteiger partial charge in [0, 0.05) is 37.8 Å². The predicted molar refractivity (Wildman–Crippen MR) is 93.2 cm³/mol. The molecule has 8 heteroatoms. The number of hydrogen-bond donors (Lipinski definition) is 2. The Balaban J connectivity index is 1.47. The molecule has 2 aromatic heterocycles. The van der Waals surface area contributed by atoms with Crippen LogP contribution in [0.5, 0.6) is 0 Å². The molecule has 0 aromatic carbocycles. The fourth-order valence-electron chi connectivity index (χ4n) is 2.69. The summed E-state index contributed by atoms with van der Waals surface area (Å²) < 4.78 is 3.46. The molecule has 25 heavy (non-hydrogen) atoms. The second-order valence-electron chi connectivity index (χ2n) is 6.56. The summed E-state index contributed by atoms with van der Waals surface area (Å²) in [7, 11) is 1.71. The van der Waals surface area contributed by atoms with Crippen molar-refractivity contribution in [3.8, 4) is 0 Å². The lowest BCUT2D eigenvalue weighted by Gasteiger charge is -2.05. The molecular weight excluding hydrogens is 320 g/mol. The van der Waals surface area contributed by atoms with E-state index in [9.17, 15) is 9.59 Å². The highest BCUT2D eigenvalue weighted by atomic mass is 16.2. The lowest BCUT2D eigenvalue weighted by Crippen LogP contribution is -2.26. The molecule has 0 bridgehead atoms. The SMILES string of the molecule is Cc1cc(C)n(CCCNC(=O)c2cc(NC(=O)C3CC3)n(C)n2)n1. The number of carbonyl (C=O) groups excluding carboxylic acids is 2. The van der Waals surface area contributed by atoms with Gasteiger partial charge in [-0.05, 0) is 39.2 Å². The van der Waals surface area contributed by atoms with E-state index in [1.54, 1.807) is 13.1 Å². The first kappa shape index (κ1) is 17.2. The number of aryl methyl sites for hydroxylation is 4. The molecule has 0 atom stereocenters. The smallest absolute Gasteiger partial charge is 0.271 e. The van der Waals surface area contributed by atoms with Gasteiger partial charge in [0.1, 0.15) is 5.82 Å². The van der Waals surface area contributed by atoms with Crippen LogP contribution in [0.4, 0.5) is 5.82 Å². The van der Waals surface area contributed by atoms with Gasteiger partial charge in [-0.1, -0.05) is 0 Å². The second-order valence-corrected chi connectivity index (χ2v) is 6.56. The Hall–Kier alpha value is -2.64. The third-order valence-corrected chi connectivity index (χ3v) is 4.25. The van der Waals surface area contributed by atoms with E-state index in [4.69, 9.17) is 0 Å². The van der Waals surface area contributed by atoms with E-state index in [0.717, 1.165) is 37.2 Å². The molecule has 8 nitrogen and oxygen atoms in total. The molecule has 0 aliphatic heterocycles. The summed E-state index contributed by atoms with van der Waals surface area (Å²) in [6.07, 6.45) is 2.66. The van der Waals surface area contributed by atoms with Crippen molar-refractivity contribution >= 4 is 17.6 Å². The van der Waals surface area contributed by atoms with Crippen molar-refractivity contribution in [1.29, 1.82) is 0 Å². The molecule has 0 radical (unpaired) electrons. The van der Waals surface area contributed by atoms with Crippen molar-refractivity contribution in [2.24, 2.45) is 13.0 Å². The molecule has 2 amide bonds. The maximum Gasteiger partial charge on any atom is 0.271 e. The van der Waals surface area contributed by atoms with Crippen molar-refractivity contribution in [2.75, 3.05) is 11.9 Å². The number of nitrogens with one attached hydrogen (secondary N) is 2. The van der Waals surface area contributed by atoms with Crippen LogP contribution in [0.1, 0.15) is 41.1 Å². The number of aromatic nitrogens is 4. The summed E-state index contributed by atoms with van der Waals surface area (Å²) in [5, 5.41) is 14.2. The summed E-state index contributed by atoms with van der Waals surface area (Å²) in [6.45, 7) is 5.28. The van der Waals surface area contributed by atoms with Gasteiger partial charge in [-0.3, -0.25) is 19.0 Å². The minimum Gasteiger partial charge on any atom is -0.351 e. The maximum atomic E-state index is 12.2. The standard InChI is InChI=1S/C17H24N6O2/c1-11-9-12(2)23(20-11)8-4-7-18-17(25)14-10-15(22(3)21-14)19-16(24)13-5-6-13/h9-10,13H,4-8H2,1-3H3,(H,18,25)(H,19,24). The van der Waals surface area contributed by atoms with Crippen molar-refractivity contribution in [2.45, 2.75) is 39.7 Å². The number of amides is 2. The average molecular weight is 344 g/mol. The summed E-state index contributed by atoms with van der Waals surface area (Å²) in [4.78, 5) is 24.0. The number of nitrogens with zero attached hydrogens (tertiary/aromatic N) is 4. The van der Waals surface area contributed by atoms with Crippen LogP contribution in [0.15, 0.2) is 12.1 Å². The van der Waals surface area contributed by atoms with E-state index < -0.39 is 0 Å². The normalized spacial score (nSPS) is 13.7. The quantitative estimate of drug-likeness (QED) is 0.743. The van der Waals surface area contributed by atoms with Gasteiger partial charge in [-0.15, -0.1) is 0 Å². The van der Waals surface area contributed by atoms with E-state index >= 15 is 0 Å². The van der Waals surface area contributed by atoms with Crippen LogP contribution in [-0.2, 0) is 18.4 Å². The lowest BCUT2D eigenvalue weighted by molar-refractivity contribution is -0.117. The van der Waals surface area contributed by atoms with Crippen LogP contribution in [0.25, 0.3) is 0 Å². The van der Waals surface area contributed by atoms with E-state index in [1.807, 2.05) is 24.6 Å². The zero-order chi connectivity index (χ0) is 18.0. The monoisotopic (exact) mass is 344 g/mol. The van der Waals surface area contributed by atoms with Gasteiger partial charge in [-0.2, -0.15) is 10.2 Å². The summed E-state index contributed by atoms with van der Waals surface area (Å²) in [5.41, 5.74) is 2.42. The molecule has 1 aliphatic rings. The number of carbonyl (C=O) groups is 2. The van der Waals surface area contributed by atoms with Gasteiger partial charge < -0.3 is 10.6 Å². The summed E-state index contributed by atoms with van der Waals surface area (Å²) in [6, 6.07) is 3.64. The maximum absolute atomic E-state index is 12.2. The lowest BCUT2D eigenvalue weighted by atomic mass is 10.3. The largest absolute Gasteiger partial charge is 0.351 e. The van der Waals surface area contributed by atoms with Crippen molar-refractivity contribution in [1.82, 2.24) is 24.9 Å². The van der Waals surface area contributed by atoms with Crippen LogP contribution < -0.4 is 10.6 Å². The Bertz CT molecular complexity index is 787. The Morgan fingerprint density at radius 3 is 2.64 bits per heavy atom. The van der Waals surface area contributed by atoms with Gasteiger partial charge >= 0.3 is 0 Å². The van der Waals surface area contributed by atoms with E-state index in [0.29, 0.717) is 18.1 Å². The molecule has 0 unspecified atom stereocenters. The van der Waals surface area contributed by atoms with Crippen molar-refractivity contribution in [3.63, 3.8) is 0 Å². The molecule has 2 N–H and O–H groups in total. The zero-order valence-corrected chi connectivity index (χ0v) is 14.9.